The first-order valence-electron chi connectivity index (χ1n) is 9.58. The molecule has 14 heteroatoms. The lowest BCUT2D eigenvalue weighted by Crippen LogP contribution is -2.56. The molecule has 0 saturated carbocycles. The van der Waals surface area contributed by atoms with Crippen LogP contribution in [0, 0.1) is 0 Å². The van der Waals surface area contributed by atoms with Gasteiger partial charge in [0.05, 0.1) is 6.04 Å². The van der Waals surface area contributed by atoms with E-state index in [1.807, 2.05) is 0 Å². The Balaban J connectivity index is 5.23. The number of amides is 4. The second-order valence-electron chi connectivity index (χ2n) is 6.93. The molecule has 0 heterocycles. The molecule has 0 bridgehead atoms. The number of carboxylic acid groups (broad SMARTS) is 1. The van der Waals surface area contributed by atoms with Gasteiger partial charge in [-0.25, -0.2) is 4.79 Å². The highest BCUT2D eigenvalue weighted by molar-refractivity contribution is 5.93. The van der Waals surface area contributed by atoms with Gasteiger partial charge in [0.1, 0.15) is 18.1 Å². The molecule has 12 N–H and O–H groups in total. The number of primary amides is 1. The van der Waals surface area contributed by atoms with Crippen LogP contribution >= 0.6 is 0 Å². The van der Waals surface area contributed by atoms with E-state index >= 15 is 0 Å². The minimum absolute atomic E-state index is 0.0739. The van der Waals surface area contributed by atoms with Crippen molar-refractivity contribution in [3.63, 3.8) is 0 Å². The van der Waals surface area contributed by atoms with E-state index in [2.05, 4.69) is 20.9 Å². The summed E-state index contributed by atoms with van der Waals surface area (Å²) in [6.07, 6.45) is -0.106. The summed E-state index contributed by atoms with van der Waals surface area (Å²) >= 11 is 0. The minimum Gasteiger partial charge on any atom is -0.480 e. The van der Waals surface area contributed by atoms with Gasteiger partial charge in [0.25, 0.3) is 0 Å². The zero-order valence-electron chi connectivity index (χ0n) is 17.6. The van der Waals surface area contributed by atoms with Crippen molar-refractivity contribution in [1.29, 1.82) is 0 Å². The van der Waals surface area contributed by atoms with E-state index in [9.17, 15) is 29.1 Å². The summed E-state index contributed by atoms with van der Waals surface area (Å²) in [5.41, 5.74) is 20.9. The van der Waals surface area contributed by atoms with Gasteiger partial charge in [-0.15, -0.1) is 0 Å². The molecular weight excluding hydrogens is 412 g/mol. The largest absolute Gasteiger partial charge is 0.480 e. The first kappa shape index (κ1) is 27.6. The molecule has 0 spiro atoms. The number of guanidine groups is 1. The van der Waals surface area contributed by atoms with Gasteiger partial charge < -0.3 is 44.0 Å². The molecule has 0 aliphatic rings. The lowest BCUT2D eigenvalue weighted by atomic mass is 10.1. The number of hydrogen-bond donors (Lipinski definition) is 8. The molecule has 0 aliphatic heterocycles. The second kappa shape index (κ2) is 13.7. The Kier molecular flexibility index (Phi) is 12.2. The predicted octanol–water partition coefficient (Wildman–Crippen LogP) is -3.79. The highest BCUT2D eigenvalue weighted by Crippen LogP contribution is 2.04. The summed E-state index contributed by atoms with van der Waals surface area (Å²) in [4.78, 5) is 62.7. The number of carbonyl (C=O) groups is 5. The molecular formula is C17H32N8O6. The molecule has 4 amide bonds. The van der Waals surface area contributed by atoms with Crippen LogP contribution in [0.4, 0.5) is 0 Å². The molecule has 14 nitrogen and oxygen atoms in total. The van der Waals surface area contributed by atoms with Crippen LogP contribution in [0.15, 0.2) is 4.99 Å². The van der Waals surface area contributed by atoms with Crippen molar-refractivity contribution in [2.75, 3.05) is 6.54 Å². The van der Waals surface area contributed by atoms with E-state index in [1.54, 1.807) is 0 Å². The lowest BCUT2D eigenvalue weighted by Gasteiger charge is -2.23. The van der Waals surface area contributed by atoms with Crippen LogP contribution < -0.4 is 38.9 Å². The fourth-order valence-corrected chi connectivity index (χ4v) is 2.30. The van der Waals surface area contributed by atoms with Crippen molar-refractivity contribution in [3.8, 4) is 0 Å². The third-order valence-corrected chi connectivity index (χ3v) is 4.04. The number of rotatable bonds is 14. The summed E-state index contributed by atoms with van der Waals surface area (Å²) in [6.45, 7) is 3.01. The van der Waals surface area contributed by atoms with Gasteiger partial charge in [-0.3, -0.25) is 24.2 Å². The van der Waals surface area contributed by atoms with Crippen molar-refractivity contribution >= 4 is 35.6 Å². The monoisotopic (exact) mass is 444 g/mol. The third kappa shape index (κ3) is 12.0. The zero-order valence-corrected chi connectivity index (χ0v) is 17.6. The smallest absolute Gasteiger partial charge is 0.326 e. The second-order valence-corrected chi connectivity index (χ2v) is 6.93. The average molecular weight is 444 g/mol. The number of aliphatic carboxylic acids is 1. The normalized spacial score (nSPS) is 14.3. The van der Waals surface area contributed by atoms with Crippen LogP contribution in [0.3, 0.4) is 0 Å². The average Bonchev–Trinajstić information content (AvgIpc) is 2.66. The van der Waals surface area contributed by atoms with Crippen LogP contribution in [0.25, 0.3) is 0 Å². The number of nitrogens with zero attached hydrogens (tertiary/aromatic N) is 1. The van der Waals surface area contributed by atoms with Gasteiger partial charge >= 0.3 is 5.97 Å². The number of nitrogens with two attached hydrogens (primary N) is 4. The van der Waals surface area contributed by atoms with Crippen molar-refractivity contribution in [2.45, 2.75) is 63.7 Å². The van der Waals surface area contributed by atoms with Crippen LogP contribution in [0.5, 0.6) is 0 Å². The standard InChI is InChI=1S/C17H32N8O6/c1-8(18)13(27)23-9(2)14(28)24-10(4-3-7-22-17(20)21)15(29)25-11(16(30)31)5-6-12(19)26/h8-11H,3-7,18H2,1-2H3,(H2,19,26)(H,23,27)(H,24,28)(H,25,29)(H,30,31)(H4,20,21,22). The Labute approximate surface area is 179 Å². The number of nitrogens with one attached hydrogen (secondary N) is 3. The Hall–Kier alpha value is -3.42. The fraction of sp³-hybridized carbons (Fsp3) is 0.647. The van der Waals surface area contributed by atoms with Crippen LogP contribution in [0.1, 0.15) is 39.5 Å². The van der Waals surface area contributed by atoms with Gasteiger partial charge in [-0.1, -0.05) is 0 Å². The first-order chi connectivity index (χ1) is 14.3. The first-order valence-corrected chi connectivity index (χ1v) is 9.58. The molecule has 0 saturated heterocycles. The van der Waals surface area contributed by atoms with Gasteiger partial charge in [0, 0.05) is 13.0 Å². The van der Waals surface area contributed by atoms with Crippen molar-refractivity contribution < 1.29 is 29.1 Å². The molecule has 0 aromatic heterocycles. The molecule has 4 atom stereocenters. The number of carboxylic acids is 1. The molecule has 0 radical (unpaired) electrons. The Morgan fingerprint density at radius 3 is 1.94 bits per heavy atom. The summed E-state index contributed by atoms with van der Waals surface area (Å²) in [5.74, 6) is -4.26. The number of aliphatic imine (C=N–C) groups is 1. The Morgan fingerprint density at radius 1 is 0.871 bits per heavy atom. The maximum absolute atomic E-state index is 12.6. The van der Waals surface area contributed by atoms with E-state index in [0.717, 1.165) is 0 Å². The molecule has 0 rings (SSSR count). The maximum atomic E-state index is 12.6. The summed E-state index contributed by atoms with van der Waals surface area (Å²) < 4.78 is 0. The summed E-state index contributed by atoms with van der Waals surface area (Å²) in [6, 6.07) is -4.37. The van der Waals surface area contributed by atoms with Crippen LogP contribution in [-0.4, -0.2) is 71.4 Å². The third-order valence-electron chi connectivity index (χ3n) is 4.04. The molecule has 0 aromatic rings. The molecule has 0 fully saturated rings. The predicted molar refractivity (Wildman–Crippen MR) is 111 cm³/mol. The van der Waals surface area contributed by atoms with Gasteiger partial charge in [0.15, 0.2) is 5.96 Å². The Bertz CT molecular complexity index is 692. The van der Waals surface area contributed by atoms with E-state index in [0.29, 0.717) is 0 Å². The van der Waals surface area contributed by atoms with Gasteiger partial charge in [-0.2, -0.15) is 0 Å². The lowest BCUT2D eigenvalue weighted by molar-refractivity contribution is -0.142. The summed E-state index contributed by atoms with van der Waals surface area (Å²) in [7, 11) is 0. The van der Waals surface area contributed by atoms with E-state index in [4.69, 9.17) is 22.9 Å². The highest BCUT2D eigenvalue weighted by Gasteiger charge is 2.28. The molecule has 0 aromatic carbocycles. The van der Waals surface area contributed by atoms with Gasteiger partial charge in [0.2, 0.25) is 23.6 Å². The van der Waals surface area contributed by atoms with Crippen LogP contribution in [-0.2, 0) is 24.0 Å². The Morgan fingerprint density at radius 2 is 1.45 bits per heavy atom. The van der Waals surface area contributed by atoms with Crippen molar-refractivity contribution in [3.05, 3.63) is 0 Å². The fourth-order valence-electron chi connectivity index (χ4n) is 2.30. The minimum atomic E-state index is -1.38. The quantitative estimate of drug-likeness (QED) is 0.0741. The SMILES string of the molecule is CC(N)C(=O)NC(C)C(=O)NC(CCCN=C(N)N)C(=O)NC(CCC(N)=O)C(=O)O. The topological polar surface area (TPSA) is 258 Å². The van der Waals surface area contributed by atoms with Crippen LogP contribution in [0.2, 0.25) is 0 Å². The number of hydrogen-bond acceptors (Lipinski definition) is 7. The molecule has 4 unspecified atom stereocenters. The van der Waals surface area contributed by atoms with Gasteiger partial charge in [-0.05, 0) is 33.1 Å². The van der Waals surface area contributed by atoms with E-state index < -0.39 is 53.8 Å². The van der Waals surface area contributed by atoms with E-state index in [1.165, 1.54) is 13.8 Å². The molecule has 0 aliphatic carbocycles. The maximum Gasteiger partial charge on any atom is 0.326 e. The van der Waals surface area contributed by atoms with Crippen molar-refractivity contribution in [1.82, 2.24) is 16.0 Å². The molecule has 176 valence electrons. The number of carbonyl (C=O) groups excluding carboxylic acids is 4. The highest BCUT2D eigenvalue weighted by atomic mass is 16.4. The molecule has 31 heavy (non-hydrogen) atoms. The van der Waals surface area contributed by atoms with E-state index in [-0.39, 0.29) is 38.2 Å². The summed E-state index contributed by atoms with van der Waals surface area (Å²) in [5, 5.41) is 16.4. The van der Waals surface area contributed by atoms with Crippen molar-refractivity contribution in [2.24, 2.45) is 27.9 Å². The zero-order chi connectivity index (χ0) is 24.1.